The van der Waals surface area contributed by atoms with Gasteiger partial charge in [-0.2, -0.15) is 0 Å². The van der Waals surface area contributed by atoms with Gasteiger partial charge in [-0.15, -0.1) is 0 Å². The van der Waals surface area contributed by atoms with Crippen LogP contribution >= 0.6 is 11.6 Å². The molecule has 1 aromatic carbocycles. The van der Waals surface area contributed by atoms with E-state index in [9.17, 15) is 4.79 Å². The second-order valence-corrected chi connectivity index (χ2v) is 5.70. The molecule has 1 heterocycles. The zero-order valence-corrected chi connectivity index (χ0v) is 13.6. The minimum absolute atomic E-state index is 0.0236. The van der Waals surface area contributed by atoms with Gasteiger partial charge in [0.15, 0.2) is 0 Å². The molecule has 0 aliphatic carbocycles. The first-order valence-electron chi connectivity index (χ1n) is 7.64. The summed E-state index contributed by atoms with van der Waals surface area (Å²) in [5.41, 5.74) is 1.03. The zero-order valence-electron chi connectivity index (χ0n) is 12.8. The molecular formula is C16H24ClN3O. The van der Waals surface area contributed by atoms with E-state index in [-0.39, 0.29) is 11.9 Å². The van der Waals surface area contributed by atoms with Gasteiger partial charge in [0, 0.05) is 24.7 Å². The van der Waals surface area contributed by atoms with E-state index in [4.69, 9.17) is 11.6 Å². The Kier molecular flexibility index (Phi) is 6.03. The van der Waals surface area contributed by atoms with Gasteiger partial charge in [0.25, 0.3) is 0 Å². The molecule has 1 aliphatic heterocycles. The predicted octanol–water partition coefficient (Wildman–Crippen LogP) is 2.15. The van der Waals surface area contributed by atoms with E-state index in [1.54, 1.807) is 0 Å². The molecule has 1 N–H and O–H groups in total. The highest BCUT2D eigenvalue weighted by Crippen LogP contribution is 2.28. The fourth-order valence-corrected chi connectivity index (χ4v) is 3.02. The van der Waals surface area contributed by atoms with Gasteiger partial charge in [0.2, 0.25) is 5.91 Å². The zero-order chi connectivity index (χ0) is 15.2. The van der Waals surface area contributed by atoms with Crippen molar-refractivity contribution in [1.82, 2.24) is 15.1 Å². The number of nitrogens with zero attached hydrogens (tertiary/aromatic N) is 2. The molecule has 0 aromatic heterocycles. The van der Waals surface area contributed by atoms with Gasteiger partial charge in [-0.25, -0.2) is 0 Å². The summed E-state index contributed by atoms with van der Waals surface area (Å²) < 4.78 is 0. The van der Waals surface area contributed by atoms with Crippen LogP contribution in [0.2, 0.25) is 5.02 Å². The minimum Gasteiger partial charge on any atom is -0.332 e. The van der Waals surface area contributed by atoms with E-state index in [0.717, 1.165) is 43.3 Å². The van der Waals surface area contributed by atoms with Gasteiger partial charge in [0.1, 0.15) is 0 Å². The van der Waals surface area contributed by atoms with E-state index in [0.29, 0.717) is 6.54 Å². The lowest BCUT2D eigenvalue weighted by atomic mass is 10.0. The molecule has 0 bridgehead atoms. The average molecular weight is 310 g/mol. The normalized spacial score (nSPS) is 19.0. The van der Waals surface area contributed by atoms with Crippen LogP contribution in [0.3, 0.4) is 0 Å². The van der Waals surface area contributed by atoms with Crippen molar-refractivity contribution in [3.05, 3.63) is 34.9 Å². The van der Waals surface area contributed by atoms with Crippen LogP contribution in [-0.2, 0) is 4.79 Å². The van der Waals surface area contributed by atoms with Crippen LogP contribution in [0, 0.1) is 0 Å². The van der Waals surface area contributed by atoms with Crippen molar-refractivity contribution in [2.45, 2.75) is 19.9 Å². The maximum atomic E-state index is 12.6. The number of halogens is 1. The van der Waals surface area contributed by atoms with E-state index in [1.807, 2.05) is 29.2 Å². The third-order valence-electron chi connectivity index (χ3n) is 4.08. The van der Waals surface area contributed by atoms with Crippen molar-refractivity contribution in [2.75, 3.05) is 39.3 Å². The first kappa shape index (κ1) is 16.3. The molecule has 1 fully saturated rings. The number of amides is 1. The Morgan fingerprint density at radius 1 is 1.38 bits per heavy atom. The number of hydrogen-bond donors (Lipinski definition) is 1. The number of nitrogens with one attached hydrogen (secondary N) is 1. The Bertz CT molecular complexity index is 476. The molecule has 0 saturated carbocycles. The summed E-state index contributed by atoms with van der Waals surface area (Å²) in [7, 11) is 0. The lowest BCUT2D eigenvalue weighted by molar-refractivity contribution is -0.135. The highest BCUT2D eigenvalue weighted by atomic mass is 35.5. The smallest absolute Gasteiger partial charge is 0.237 e. The summed E-state index contributed by atoms with van der Waals surface area (Å²) in [6.07, 6.45) is 0. The molecule has 1 aromatic rings. The fraction of sp³-hybridized carbons (Fsp3) is 0.562. The highest BCUT2D eigenvalue weighted by molar-refractivity contribution is 6.31. The summed E-state index contributed by atoms with van der Waals surface area (Å²) in [4.78, 5) is 16.7. The molecule has 1 aliphatic rings. The number of rotatable bonds is 5. The van der Waals surface area contributed by atoms with Crippen LogP contribution < -0.4 is 5.32 Å². The number of benzene rings is 1. The SMILES string of the molecule is CCN(CC)CC(=O)N1CCNCC1c1ccccc1Cl. The summed E-state index contributed by atoms with van der Waals surface area (Å²) in [6, 6.07) is 7.82. The van der Waals surface area contributed by atoms with Gasteiger partial charge < -0.3 is 10.2 Å². The van der Waals surface area contributed by atoms with Gasteiger partial charge in [0.05, 0.1) is 12.6 Å². The number of piperazine rings is 1. The molecular weight excluding hydrogens is 286 g/mol. The topological polar surface area (TPSA) is 35.6 Å². The third kappa shape index (κ3) is 3.96. The Balaban J connectivity index is 2.16. The van der Waals surface area contributed by atoms with Crippen molar-refractivity contribution < 1.29 is 4.79 Å². The maximum Gasteiger partial charge on any atom is 0.237 e. The Morgan fingerprint density at radius 3 is 2.76 bits per heavy atom. The molecule has 0 spiro atoms. The third-order valence-corrected chi connectivity index (χ3v) is 4.43. The minimum atomic E-state index is 0.0236. The predicted molar refractivity (Wildman–Crippen MR) is 86.6 cm³/mol. The molecule has 1 unspecified atom stereocenters. The Morgan fingerprint density at radius 2 is 2.10 bits per heavy atom. The van der Waals surface area contributed by atoms with Crippen LogP contribution in [0.5, 0.6) is 0 Å². The number of carbonyl (C=O) groups excluding carboxylic acids is 1. The van der Waals surface area contributed by atoms with Crippen molar-refractivity contribution in [2.24, 2.45) is 0 Å². The first-order valence-corrected chi connectivity index (χ1v) is 8.02. The van der Waals surface area contributed by atoms with Crippen molar-refractivity contribution in [3.8, 4) is 0 Å². The van der Waals surface area contributed by atoms with Crippen LogP contribution in [-0.4, -0.2) is 55.0 Å². The standard InChI is InChI=1S/C16H24ClN3O/c1-3-19(4-2)12-16(21)20-10-9-18-11-15(20)13-7-5-6-8-14(13)17/h5-8,15,18H,3-4,9-12H2,1-2H3. The van der Waals surface area contributed by atoms with E-state index in [2.05, 4.69) is 24.1 Å². The lowest BCUT2D eigenvalue weighted by Crippen LogP contribution is -2.51. The molecule has 4 nitrogen and oxygen atoms in total. The van der Waals surface area contributed by atoms with Gasteiger partial charge in [-0.3, -0.25) is 9.69 Å². The quantitative estimate of drug-likeness (QED) is 0.905. The summed E-state index contributed by atoms with van der Waals surface area (Å²) in [5, 5.41) is 4.09. The fourth-order valence-electron chi connectivity index (χ4n) is 2.76. The molecule has 0 radical (unpaired) electrons. The molecule has 1 saturated heterocycles. The summed E-state index contributed by atoms with van der Waals surface area (Å²) >= 11 is 6.31. The highest BCUT2D eigenvalue weighted by Gasteiger charge is 2.29. The number of likely N-dealkylation sites (N-methyl/N-ethyl adjacent to an activating group) is 1. The Hall–Kier alpha value is -1.10. The second-order valence-electron chi connectivity index (χ2n) is 5.29. The molecule has 116 valence electrons. The second kappa shape index (κ2) is 7.78. The maximum absolute atomic E-state index is 12.6. The molecule has 1 amide bonds. The van der Waals surface area contributed by atoms with E-state index in [1.165, 1.54) is 0 Å². The van der Waals surface area contributed by atoms with Gasteiger partial charge in [-0.1, -0.05) is 43.6 Å². The monoisotopic (exact) mass is 309 g/mol. The number of hydrogen-bond acceptors (Lipinski definition) is 3. The van der Waals surface area contributed by atoms with Crippen LogP contribution in [0.4, 0.5) is 0 Å². The van der Waals surface area contributed by atoms with E-state index >= 15 is 0 Å². The van der Waals surface area contributed by atoms with Crippen LogP contribution in [0.1, 0.15) is 25.5 Å². The van der Waals surface area contributed by atoms with Crippen LogP contribution in [0.15, 0.2) is 24.3 Å². The lowest BCUT2D eigenvalue weighted by Gasteiger charge is -2.38. The largest absolute Gasteiger partial charge is 0.332 e. The molecule has 2 rings (SSSR count). The van der Waals surface area contributed by atoms with Crippen molar-refractivity contribution >= 4 is 17.5 Å². The van der Waals surface area contributed by atoms with Gasteiger partial charge in [-0.05, 0) is 24.7 Å². The number of carbonyl (C=O) groups is 1. The first-order chi connectivity index (χ1) is 10.2. The molecule has 5 heteroatoms. The molecule has 21 heavy (non-hydrogen) atoms. The van der Waals surface area contributed by atoms with Crippen LogP contribution in [0.25, 0.3) is 0 Å². The van der Waals surface area contributed by atoms with Crippen molar-refractivity contribution in [3.63, 3.8) is 0 Å². The molecule has 1 atom stereocenters. The van der Waals surface area contributed by atoms with Gasteiger partial charge >= 0.3 is 0 Å². The van der Waals surface area contributed by atoms with Crippen molar-refractivity contribution in [1.29, 1.82) is 0 Å². The Labute approximate surface area is 132 Å². The average Bonchev–Trinajstić information content (AvgIpc) is 2.53. The van der Waals surface area contributed by atoms with E-state index < -0.39 is 0 Å². The summed E-state index contributed by atoms with van der Waals surface area (Å²) in [5.74, 6) is 0.185. The summed E-state index contributed by atoms with van der Waals surface area (Å²) in [6.45, 7) is 8.76.